The summed E-state index contributed by atoms with van der Waals surface area (Å²) in [6.45, 7) is 0. The van der Waals surface area contributed by atoms with Gasteiger partial charge in [-0.3, -0.25) is 4.79 Å². The van der Waals surface area contributed by atoms with Crippen LogP contribution in [0.2, 0.25) is 0 Å². The van der Waals surface area contributed by atoms with Gasteiger partial charge in [0.25, 0.3) is 0 Å². The number of amides is 1. The second-order valence-corrected chi connectivity index (χ2v) is 3.96. The van der Waals surface area contributed by atoms with Crippen LogP contribution in [0.4, 0.5) is 0 Å². The Morgan fingerprint density at radius 1 is 1.43 bits per heavy atom. The van der Waals surface area contributed by atoms with Gasteiger partial charge in [0, 0.05) is 7.05 Å². The van der Waals surface area contributed by atoms with Crippen molar-refractivity contribution >= 4 is 18.3 Å². The molecule has 0 heterocycles. The van der Waals surface area contributed by atoms with Crippen LogP contribution < -0.4 is 11.1 Å². The Balaban J connectivity index is 0.00000169. The van der Waals surface area contributed by atoms with Gasteiger partial charge in [0.15, 0.2) is 0 Å². The summed E-state index contributed by atoms with van der Waals surface area (Å²) in [7, 11) is 1.64. The fourth-order valence-electron chi connectivity index (χ4n) is 2.07. The van der Waals surface area contributed by atoms with E-state index in [0.717, 1.165) is 6.42 Å². The van der Waals surface area contributed by atoms with E-state index in [1.807, 2.05) is 0 Å². The van der Waals surface area contributed by atoms with Gasteiger partial charge in [-0.15, -0.1) is 12.4 Å². The first-order chi connectivity index (χ1) is 6.24. The molecule has 1 aliphatic rings. The molecular weight excluding hydrogens is 200 g/mol. The monoisotopic (exact) mass is 220 g/mol. The average molecular weight is 221 g/mol. The SMILES string of the molecule is CNC(=O)[C@@H](N)CC1CCCCC1.Cl. The summed E-state index contributed by atoms with van der Waals surface area (Å²) in [6, 6.07) is -0.298. The summed E-state index contributed by atoms with van der Waals surface area (Å²) < 4.78 is 0. The van der Waals surface area contributed by atoms with Gasteiger partial charge in [0.05, 0.1) is 6.04 Å². The van der Waals surface area contributed by atoms with E-state index in [2.05, 4.69) is 5.32 Å². The van der Waals surface area contributed by atoms with Gasteiger partial charge in [-0.05, 0) is 12.3 Å². The second-order valence-electron chi connectivity index (χ2n) is 3.96. The van der Waals surface area contributed by atoms with Gasteiger partial charge in [-0.2, -0.15) is 0 Å². The zero-order valence-corrected chi connectivity index (χ0v) is 9.61. The molecule has 0 radical (unpaired) electrons. The lowest BCUT2D eigenvalue weighted by molar-refractivity contribution is -0.122. The fourth-order valence-corrected chi connectivity index (χ4v) is 2.07. The van der Waals surface area contributed by atoms with Crippen molar-refractivity contribution in [2.24, 2.45) is 11.7 Å². The Labute approximate surface area is 92.2 Å². The predicted molar refractivity (Wildman–Crippen MR) is 60.5 cm³/mol. The van der Waals surface area contributed by atoms with Crippen molar-refractivity contribution in [3.8, 4) is 0 Å². The fraction of sp³-hybridized carbons (Fsp3) is 0.900. The van der Waals surface area contributed by atoms with Crippen LogP contribution in [-0.2, 0) is 4.79 Å². The van der Waals surface area contributed by atoms with Gasteiger partial charge in [0.1, 0.15) is 0 Å². The molecule has 84 valence electrons. The largest absolute Gasteiger partial charge is 0.358 e. The zero-order chi connectivity index (χ0) is 9.68. The summed E-state index contributed by atoms with van der Waals surface area (Å²) in [5.74, 6) is 0.659. The van der Waals surface area contributed by atoms with Crippen molar-refractivity contribution < 1.29 is 4.79 Å². The summed E-state index contributed by atoms with van der Waals surface area (Å²) in [5, 5.41) is 2.59. The highest BCUT2D eigenvalue weighted by atomic mass is 35.5. The minimum absolute atomic E-state index is 0. The summed E-state index contributed by atoms with van der Waals surface area (Å²) >= 11 is 0. The third-order valence-corrected chi connectivity index (χ3v) is 2.90. The van der Waals surface area contributed by atoms with Gasteiger partial charge < -0.3 is 11.1 Å². The maximum Gasteiger partial charge on any atom is 0.236 e. The summed E-state index contributed by atoms with van der Waals surface area (Å²) in [6.07, 6.45) is 7.34. The number of nitrogens with one attached hydrogen (secondary N) is 1. The number of carbonyl (C=O) groups is 1. The van der Waals surface area contributed by atoms with Crippen LogP contribution in [0.25, 0.3) is 0 Å². The molecule has 0 aliphatic heterocycles. The Morgan fingerprint density at radius 3 is 2.50 bits per heavy atom. The minimum Gasteiger partial charge on any atom is -0.358 e. The third-order valence-electron chi connectivity index (χ3n) is 2.90. The van der Waals surface area contributed by atoms with Gasteiger partial charge in [-0.1, -0.05) is 32.1 Å². The smallest absolute Gasteiger partial charge is 0.236 e. The molecule has 1 atom stereocenters. The molecule has 4 heteroatoms. The average Bonchev–Trinajstić information content (AvgIpc) is 2.18. The van der Waals surface area contributed by atoms with Crippen molar-refractivity contribution in [3.05, 3.63) is 0 Å². The number of hydrogen-bond acceptors (Lipinski definition) is 2. The lowest BCUT2D eigenvalue weighted by Gasteiger charge is -2.23. The van der Waals surface area contributed by atoms with Crippen molar-refractivity contribution in [2.75, 3.05) is 7.05 Å². The third kappa shape index (κ3) is 4.29. The minimum atomic E-state index is -0.298. The van der Waals surface area contributed by atoms with E-state index >= 15 is 0 Å². The Bertz CT molecular complexity index is 170. The maximum absolute atomic E-state index is 11.1. The molecule has 0 aromatic rings. The van der Waals surface area contributed by atoms with E-state index in [-0.39, 0.29) is 24.4 Å². The number of hydrogen-bond donors (Lipinski definition) is 2. The van der Waals surface area contributed by atoms with Crippen LogP contribution in [0.15, 0.2) is 0 Å². The van der Waals surface area contributed by atoms with E-state index in [1.165, 1.54) is 32.1 Å². The summed E-state index contributed by atoms with van der Waals surface area (Å²) in [5.41, 5.74) is 5.75. The van der Waals surface area contributed by atoms with Crippen molar-refractivity contribution in [1.82, 2.24) is 5.32 Å². The quantitative estimate of drug-likeness (QED) is 0.757. The first-order valence-corrected chi connectivity index (χ1v) is 5.21. The number of likely N-dealkylation sites (N-methyl/N-ethyl adjacent to an activating group) is 1. The predicted octanol–water partition coefficient (Wildman–Crippen LogP) is 1.45. The van der Waals surface area contributed by atoms with E-state index in [4.69, 9.17) is 5.73 Å². The molecule has 0 unspecified atom stereocenters. The molecule has 1 amide bonds. The van der Waals surface area contributed by atoms with Crippen LogP contribution in [0.5, 0.6) is 0 Å². The molecule has 0 aromatic heterocycles. The highest BCUT2D eigenvalue weighted by Gasteiger charge is 2.20. The molecule has 0 bridgehead atoms. The van der Waals surface area contributed by atoms with Gasteiger partial charge >= 0.3 is 0 Å². The molecule has 3 nitrogen and oxygen atoms in total. The summed E-state index contributed by atoms with van der Waals surface area (Å²) in [4.78, 5) is 11.1. The lowest BCUT2D eigenvalue weighted by atomic mass is 9.85. The molecule has 3 N–H and O–H groups in total. The number of rotatable bonds is 3. The van der Waals surface area contributed by atoms with Crippen LogP contribution in [0, 0.1) is 5.92 Å². The Morgan fingerprint density at radius 2 is 2.00 bits per heavy atom. The number of nitrogens with two attached hydrogens (primary N) is 1. The van der Waals surface area contributed by atoms with Crippen LogP contribution in [0.3, 0.4) is 0 Å². The number of halogens is 1. The molecule has 1 aliphatic carbocycles. The zero-order valence-electron chi connectivity index (χ0n) is 8.79. The highest BCUT2D eigenvalue weighted by molar-refractivity contribution is 5.85. The van der Waals surface area contributed by atoms with Gasteiger partial charge in [0.2, 0.25) is 5.91 Å². The highest BCUT2D eigenvalue weighted by Crippen LogP contribution is 2.26. The standard InChI is InChI=1S/C10H20N2O.ClH/c1-12-10(13)9(11)7-8-5-3-2-4-6-8;/h8-9H,2-7,11H2,1H3,(H,12,13);1H/t9-;/m0./s1. The van der Waals surface area contributed by atoms with E-state index < -0.39 is 0 Å². The molecule has 1 rings (SSSR count). The Hall–Kier alpha value is -0.280. The number of carbonyl (C=O) groups excluding carboxylic acids is 1. The lowest BCUT2D eigenvalue weighted by Crippen LogP contribution is -2.40. The van der Waals surface area contributed by atoms with Crippen LogP contribution in [0.1, 0.15) is 38.5 Å². The molecule has 1 fully saturated rings. The first-order valence-electron chi connectivity index (χ1n) is 5.21. The molecule has 0 aromatic carbocycles. The van der Waals surface area contributed by atoms with Crippen LogP contribution in [-0.4, -0.2) is 19.0 Å². The normalized spacial score (nSPS) is 19.6. The van der Waals surface area contributed by atoms with E-state index in [1.54, 1.807) is 7.05 Å². The molecular formula is C10H21ClN2O. The topological polar surface area (TPSA) is 55.1 Å². The Kier molecular flexibility index (Phi) is 6.93. The molecule has 0 spiro atoms. The first kappa shape index (κ1) is 13.7. The van der Waals surface area contributed by atoms with E-state index in [9.17, 15) is 4.79 Å². The van der Waals surface area contributed by atoms with Crippen LogP contribution >= 0.6 is 12.4 Å². The van der Waals surface area contributed by atoms with Gasteiger partial charge in [-0.25, -0.2) is 0 Å². The maximum atomic E-state index is 11.1. The van der Waals surface area contributed by atoms with Crippen molar-refractivity contribution in [2.45, 2.75) is 44.6 Å². The second kappa shape index (κ2) is 7.07. The van der Waals surface area contributed by atoms with E-state index in [0.29, 0.717) is 5.92 Å². The molecule has 1 saturated carbocycles. The van der Waals surface area contributed by atoms with Crippen molar-refractivity contribution in [1.29, 1.82) is 0 Å². The van der Waals surface area contributed by atoms with Crippen molar-refractivity contribution in [3.63, 3.8) is 0 Å². The molecule has 14 heavy (non-hydrogen) atoms. The molecule has 0 saturated heterocycles.